The van der Waals surface area contributed by atoms with Crippen LogP contribution in [0.4, 0.5) is 5.69 Å². The van der Waals surface area contributed by atoms with E-state index in [0.717, 1.165) is 21.5 Å². The Bertz CT molecular complexity index is 935. The number of aryl methyl sites for hydroxylation is 2. The summed E-state index contributed by atoms with van der Waals surface area (Å²) in [5.41, 5.74) is 2.86. The smallest absolute Gasteiger partial charge is 0.269 e. The van der Waals surface area contributed by atoms with E-state index in [1.165, 1.54) is 11.5 Å². The third-order valence-corrected chi connectivity index (χ3v) is 5.15. The normalized spacial score (nSPS) is 12.3. The maximum Gasteiger partial charge on any atom is 0.269 e. The summed E-state index contributed by atoms with van der Waals surface area (Å²) in [7, 11) is 0. The van der Waals surface area contributed by atoms with Crippen molar-refractivity contribution >= 4 is 33.2 Å². The predicted octanol–water partition coefficient (Wildman–Crippen LogP) is 4.27. The maximum atomic E-state index is 12.7. The standard InChI is InChI=1S/C19H20N2O2S/c1-4-16(18(22)20-14-10-12(2)9-13(3)11-14)21-19(23)15-7-5-6-8-17(15)24-21/h5-11,16H,4H2,1-3H3,(H,20,22)/t16-/m0/s1. The number of hydrogen-bond acceptors (Lipinski definition) is 3. The third-order valence-electron chi connectivity index (χ3n) is 3.98. The molecule has 0 fully saturated rings. The first kappa shape index (κ1) is 16.5. The second-order valence-corrected chi connectivity index (χ2v) is 7.02. The van der Waals surface area contributed by atoms with Crippen LogP contribution in [0, 0.1) is 13.8 Å². The van der Waals surface area contributed by atoms with Crippen LogP contribution >= 0.6 is 11.5 Å². The minimum atomic E-state index is -0.504. The summed E-state index contributed by atoms with van der Waals surface area (Å²) >= 11 is 1.35. The van der Waals surface area contributed by atoms with Crippen molar-refractivity contribution < 1.29 is 4.79 Å². The fourth-order valence-corrected chi connectivity index (χ4v) is 4.08. The number of benzene rings is 2. The highest BCUT2D eigenvalue weighted by Crippen LogP contribution is 2.23. The van der Waals surface area contributed by atoms with Gasteiger partial charge in [0, 0.05) is 5.69 Å². The molecule has 1 N–H and O–H groups in total. The van der Waals surface area contributed by atoms with Crippen LogP contribution in [0.5, 0.6) is 0 Å². The molecule has 3 rings (SSSR count). The van der Waals surface area contributed by atoms with Gasteiger partial charge in [-0.05, 0) is 55.7 Å². The molecular formula is C19H20N2O2S. The van der Waals surface area contributed by atoms with Crippen LogP contribution in [0.3, 0.4) is 0 Å². The van der Waals surface area contributed by atoms with Crippen LogP contribution in [0.1, 0.15) is 30.5 Å². The SMILES string of the molecule is CC[C@@H](C(=O)Nc1cc(C)cc(C)c1)n1sc2ccccc2c1=O. The van der Waals surface area contributed by atoms with E-state index in [0.29, 0.717) is 11.8 Å². The molecule has 0 aliphatic heterocycles. The zero-order valence-corrected chi connectivity index (χ0v) is 14.8. The molecule has 5 heteroatoms. The monoisotopic (exact) mass is 340 g/mol. The van der Waals surface area contributed by atoms with E-state index in [4.69, 9.17) is 0 Å². The van der Waals surface area contributed by atoms with E-state index in [1.807, 2.05) is 51.1 Å². The number of nitrogens with zero attached hydrogens (tertiary/aromatic N) is 1. The van der Waals surface area contributed by atoms with Crippen molar-refractivity contribution in [1.29, 1.82) is 0 Å². The lowest BCUT2D eigenvalue weighted by atomic mass is 10.1. The highest BCUT2D eigenvalue weighted by molar-refractivity contribution is 7.14. The number of carbonyl (C=O) groups excluding carboxylic acids is 1. The summed E-state index contributed by atoms with van der Waals surface area (Å²) in [5, 5.41) is 3.62. The number of rotatable bonds is 4. The molecule has 124 valence electrons. The topological polar surface area (TPSA) is 51.1 Å². The van der Waals surface area contributed by atoms with Gasteiger partial charge in [0.05, 0.1) is 10.1 Å². The van der Waals surface area contributed by atoms with Crippen LogP contribution in [0.2, 0.25) is 0 Å². The molecule has 0 spiro atoms. The number of fused-ring (bicyclic) bond motifs is 1. The number of hydrogen-bond donors (Lipinski definition) is 1. The molecule has 0 saturated carbocycles. The molecule has 1 amide bonds. The highest BCUT2D eigenvalue weighted by atomic mass is 32.1. The van der Waals surface area contributed by atoms with Crippen molar-refractivity contribution in [2.45, 2.75) is 33.2 Å². The zero-order chi connectivity index (χ0) is 17.3. The van der Waals surface area contributed by atoms with Gasteiger partial charge in [-0.2, -0.15) is 0 Å². The largest absolute Gasteiger partial charge is 0.324 e. The molecule has 1 aromatic heterocycles. The molecule has 3 aromatic rings. The van der Waals surface area contributed by atoms with Gasteiger partial charge in [-0.3, -0.25) is 13.5 Å². The second kappa shape index (κ2) is 6.61. The number of carbonyl (C=O) groups is 1. The Hall–Kier alpha value is -2.40. The Balaban J connectivity index is 1.93. The van der Waals surface area contributed by atoms with Crippen LogP contribution in [-0.4, -0.2) is 9.86 Å². The van der Waals surface area contributed by atoms with Crippen LogP contribution < -0.4 is 10.9 Å². The number of aromatic nitrogens is 1. The molecule has 2 aromatic carbocycles. The predicted molar refractivity (Wildman–Crippen MR) is 100.0 cm³/mol. The molecule has 0 aliphatic carbocycles. The van der Waals surface area contributed by atoms with Gasteiger partial charge in [0.1, 0.15) is 6.04 Å². The van der Waals surface area contributed by atoms with E-state index in [9.17, 15) is 9.59 Å². The molecule has 24 heavy (non-hydrogen) atoms. The van der Waals surface area contributed by atoms with Gasteiger partial charge in [-0.15, -0.1) is 0 Å². The van der Waals surface area contributed by atoms with E-state index in [-0.39, 0.29) is 11.5 Å². The Morgan fingerprint density at radius 2 is 1.83 bits per heavy atom. The lowest BCUT2D eigenvalue weighted by molar-refractivity contribution is -0.119. The van der Waals surface area contributed by atoms with Gasteiger partial charge in [0.2, 0.25) is 5.91 Å². The summed E-state index contributed by atoms with van der Waals surface area (Å²) in [6.45, 7) is 5.91. The average Bonchev–Trinajstić information content (AvgIpc) is 2.84. The molecule has 0 aliphatic rings. The van der Waals surface area contributed by atoms with Gasteiger partial charge in [0.15, 0.2) is 0 Å². The molecule has 1 heterocycles. The number of nitrogens with one attached hydrogen (secondary N) is 1. The van der Waals surface area contributed by atoms with Crippen LogP contribution in [0.25, 0.3) is 10.1 Å². The first-order chi connectivity index (χ1) is 11.5. The first-order valence-electron chi connectivity index (χ1n) is 7.99. The van der Waals surface area contributed by atoms with Crippen molar-refractivity contribution in [1.82, 2.24) is 3.96 Å². The van der Waals surface area contributed by atoms with Gasteiger partial charge in [-0.25, -0.2) is 0 Å². The van der Waals surface area contributed by atoms with Crippen LogP contribution in [-0.2, 0) is 4.79 Å². The van der Waals surface area contributed by atoms with Crippen molar-refractivity contribution in [2.75, 3.05) is 5.32 Å². The van der Waals surface area contributed by atoms with Crippen molar-refractivity contribution in [3.05, 3.63) is 63.9 Å². The molecule has 4 nitrogen and oxygen atoms in total. The highest BCUT2D eigenvalue weighted by Gasteiger charge is 2.22. The molecular weight excluding hydrogens is 320 g/mol. The number of amides is 1. The van der Waals surface area contributed by atoms with E-state index in [1.54, 1.807) is 10.0 Å². The fraction of sp³-hybridized carbons (Fsp3) is 0.263. The lowest BCUT2D eigenvalue weighted by Gasteiger charge is -2.15. The Kier molecular flexibility index (Phi) is 4.53. The van der Waals surface area contributed by atoms with Gasteiger partial charge in [0.25, 0.3) is 5.56 Å². The Morgan fingerprint density at radius 1 is 1.17 bits per heavy atom. The summed E-state index contributed by atoms with van der Waals surface area (Å²) in [5.74, 6) is -0.156. The van der Waals surface area contributed by atoms with Crippen LogP contribution in [0.15, 0.2) is 47.3 Å². The summed E-state index contributed by atoms with van der Waals surface area (Å²) in [4.78, 5) is 25.3. The molecule has 0 unspecified atom stereocenters. The fourth-order valence-electron chi connectivity index (χ4n) is 2.92. The minimum Gasteiger partial charge on any atom is -0.324 e. The summed E-state index contributed by atoms with van der Waals surface area (Å²) in [6, 6.07) is 12.9. The van der Waals surface area contributed by atoms with Gasteiger partial charge < -0.3 is 5.32 Å². The average molecular weight is 340 g/mol. The zero-order valence-electron chi connectivity index (χ0n) is 14.0. The van der Waals surface area contributed by atoms with Crippen molar-refractivity contribution in [3.8, 4) is 0 Å². The third kappa shape index (κ3) is 3.12. The molecule has 0 bridgehead atoms. The first-order valence-corrected chi connectivity index (χ1v) is 8.76. The maximum absolute atomic E-state index is 12.7. The van der Waals surface area contributed by atoms with Gasteiger partial charge in [-0.1, -0.05) is 36.7 Å². The minimum absolute atomic E-state index is 0.0991. The van der Waals surface area contributed by atoms with Crippen molar-refractivity contribution in [2.24, 2.45) is 0 Å². The Morgan fingerprint density at radius 3 is 2.46 bits per heavy atom. The Labute approximate surface area is 144 Å². The molecule has 1 atom stereocenters. The van der Waals surface area contributed by atoms with Crippen molar-refractivity contribution in [3.63, 3.8) is 0 Å². The quantitative estimate of drug-likeness (QED) is 0.771. The molecule has 0 radical (unpaired) electrons. The van der Waals surface area contributed by atoms with E-state index < -0.39 is 6.04 Å². The van der Waals surface area contributed by atoms with E-state index in [2.05, 4.69) is 11.4 Å². The van der Waals surface area contributed by atoms with Gasteiger partial charge >= 0.3 is 0 Å². The second-order valence-electron chi connectivity index (χ2n) is 6.01. The van der Waals surface area contributed by atoms with E-state index >= 15 is 0 Å². The summed E-state index contributed by atoms with van der Waals surface area (Å²) in [6.07, 6.45) is 0.559. The number of anilines is 1. The summed E-state index contributed by atoms with van der Waals surface area (Å²) < 4.78 is 2.49. The lowest BCUT2D eigenvalue weighted by Crippen LogP contribution is -2.30. The molecule has 0 saturated heterocycles.